The van der Waals surface area contributed by atoms with Crippen LogP contribution in [0.3, 0.4) is 0 Å². The van der Waals surface area contributed by atoms with Gasteiger partial charge in [-0.15, -0.1) is 0 Å². The number of ether oxygens (including phenoxy) is 1. The minimum atomic E-state index is -1.22. The number of benzene rings is 1. The van der Waals surface area contributed by atoms with E-state index >= 15 is 0 Å². The van der Waals surface area contributed by atoms with Crippen LogP contribution in [0.25, 0.3) is 10.9 Å². The van der Waals surface area contributed by atoms with Crippen molar-refractivity contribution >= 4 is 16.9 Å². The molecule has 0 saturated carbocycles. The maximum absolute atomic E-state index is 11.7. The van der Waals surface area contributed by atoms with E-state index in [1.54, 1.807) is 6.92 Å². The van der Waals surface area contributed by atoms with E-state index in [1.165, 1.54) is 0 Å². The summed E-state index contributed by atoms with van der Waals surface area (Å²) in [7, 11) is 0. The molecule has 1 N–H and O–H groups in total. The first-order valence-corrected chi connectivity index (χ1v) is 6.52. The second-order valence-corrected chi connectivity index (χ2v) is 4.55. The number of hydrogen-bond acceptors (Lipinski definition) is 3. The molecule has 0 aliphatic heterocycles. The molecule has 0 spiro atoms. The van der Waals surface area contributed by atoms with Crippen molar-refractivity contribution in [1.82, 2.24) is 4.57 Å². The van der Waals surface area contributed by atoms with E-state index in [2.05, 4.69) is 0 Å². The van der Waals surface area contributed by atoms with Crippen molar-refractivity contribution in [3.8, 4) is 0 Å². The summed E-state index contributed by atoms with van der Waals surface area (Å²) in [5.41, 5.74) is 2.73. The van der Waals surface area contributed by atoms with E-state index < -0.39 is 12.1 Å². The number of carbonyl (C=O) groups excluding carboxylic acids is 1. The van der Waals surface area contributed by atoms with Gasteiger partial charge in [0.15, 0.2) is 6.10 Å². The molecule has 1 heterocycles. The standard InChI is InChI=1S/C15H19NO3/c1-4-16-9-12(14(17)15(18)19-5-2)11-8-10(3)6-7-13(11)16/h6-9,14,17H,4-5H2,1-3H3. The molecule has 1 aromatic heterocycles. The Morgan fingerprint density at radius 2 is 2.16 bits per heavy atom. The Balaban J connectivity index is 2.53. The number of fused-ring (bicyclic) bond motifs is 1. The Labute approximate surface area is 112 Å². The highest BCUT2D eigenvalue weighted by Crippen LogP contribution is 2.28. The quantitative estimate of drug-likeness (QED) is 0.861. The van der Waals surface area contributed by atoms with Crippen LogP contribution in [0.4, 0.5) is 0 Å². The van der Waals surface area contributed by atoms with Crippen molar-refractivity contribution in [1.29, 1.82) is 0 Å². The van der Waals surface area contributed by atoms with Crippen molar-refractivity contribution in [3.63, 3.8) is 0 Å². The molecule has 0 radical (unpaired) electrons. The summed E-state index contributed by atoms with van der Waals surface area (Å²) < 4.78 is 6.90. The molecule has 0 amide bonds. The van der Waals surface area contributed by atoms with Gasteiger partial charge in [-0.3, -0.25) is 0 Å². The molecule has 2 aromatic rings. The predicted octanol–water partition coefficient (Wildman–Crippen LogP) is 2.57. The topological polar surface area (TPSA) is 51.5 Å². The van der Waals surface area contributed by atoms with Crippen LogP contribution in [-0.2, 0) is 16.1 Å². The van der Waals surface area contributed by atoms with Crippen LogP contribution in [0.15, 0.2) is 24.4 Å². The monoisotopic (exact) mass is 261 g/mol. The van der Waals surface area contributed by atoms with Crippen molar-refractivity contribution in [2.75, 3.05) is 6.61 Å². The van der Waals surface area contributed by atoms with E-state index in [9.17, 15) is 9.90 Å². The number of nitrogens with zero attached hydrogens (tertiary/aromatic N) is 1. The first kappa shape index (κ1) is 13.6. The van der Waals surface area contributed by atoms with Gasteiger partial charge in [0.05, 0.1) is 6.61 Å². The van der Waals surface area contributed by atoms with Gasteiger partial charge in [0, 0.05) is 29.2 Å². The van der Waals surface area contributed by atoms with Gasteiger partial charge in [-0.2, -0.15) is 0 Å². The van der Waals surface area contributed by atoms with Crippen LogP contribution >= 0.6 is 0 Å². The number of carbonyl (C=O) groups is 1. The van der Waals surface area contributed by atoms with Gasteiger partial charge >= 0.3 is 5.97 Å². The molecule has 0 aliphatic carbocycles. The maximum Gasteiger partial charge on any atom is 0.339 e. The van der Waals surface area contributed by atoms with Crippen molar-refractivity contribution in [2.24, 2.45) is 0 Å². The minimum absolute atomic E-state index is 0.265. The zero-order chi connectivity index (χ0) is 14.0. The number of aliphatic hydroxyl groups is 1. The first-order chi connectivity index (χ1) is 9.08. The fraction of sp³-hybridized carbons (Fsp3) is 0.400. The molecule has 4 heteroatoms. The Bertz CT molecular complexity index is 601. The number of esters is 1. The smallest absolute Gasteiger partial charge is 0.339 e. The molecule has 4 nitrogen and oxygen atoms in total. The van der Waals surface area contributed by atoms with E-state index in [4.69, 9.17) is 4.74 Å². The van der Waals surface area contributed by atoms with Gasteiger partial charge in [0.1, 0.15) is 0 Å². The fourth-order valence-corrected chi connectivity index (χ4v) is 2.27. The second-order valence-electron chi connectivity index (χ2n) is 4.55. The highest BCUT2D eigenvalue weighted by molar-refractivity contribution is 5.90. The van der Waals surface area contributed by atoms with Gasteiger partial charge in [-0.25, -0.2) is 4.79 Å². The van der Waals surface area contributed by atoms with Crippen LogP contribution in [0.5, 0.6) is 0 Å². The van der Waals surface area contributed by atoms with E-state index in [0.29, 0.717) is 5.56 Å². The molecule has 1 atom stereocenters. The Hall–Kier alpha value is -1.81. The van der Waals surface area contributed by atoms with E-state index in [-0.39, 0.29) is 6.61 Å². The summed E-state index contributed by atoms with van der Waals surface area (Å²) in [5, 5.41) is 11.0. The van der Waals surface area contributed by atoms with Gasteiger partial charge in [0.25, 0.3) is 0 Å². The molecular formula is C15H19NO3. The van der Waals surface area contributed by atoms with Crippen molar-refractivity contribution in [3.05, 3.63) is 35.5 Å². The third-order valence-corrected chi connectivity index (χ3v) is 3.21. The highest BCUT2D eigenvalue weighted by atomic mass is 16.5. The molecular weight excluding hydrogens is 242 g/mol. The number of aryl methyl sites for hydroxylation is 2. The Morgan fingerprint density at radius 3 is 2.79 bits per heavy atom. The molecule has 102 valence electrons. The zero-order valence-corrected chi connectivity index (χ0v) is 11.5. The minimum Gasteiger partial charge on any atom is -0.464 e. The zero-order valence-electron chi connectivity index (χ0n) is 11.5. The van der Waals surface area contributed by atoms with Crippen molar-refractivity contribution < 1.29 is 14.6 Å². The molecule has 2 rings (SSSR count). The predicted molar refractivity (Wildman–Crippen MR) is 73.9 cm³/mol. The van der Waals surface area contributed by atoms with Gasteiger partial charge in [0.2, 0.25) is 0 Å². The van der Waals surface area contributed by atoms with Crippen LogP contribution < -0.4 is 0 Å². The maximum atomic E-state index is 11.7. The molecule has 0 aliphatic rings. The van der Waals surface area contributed by atoms with Crippen LogP contribution in [0.2, 0.25) is 0 Å². The molecule has 0 saturated heterocycles. The third-order valence-electron chi connectivity index (χ3n) is 3.21. The lowest BCUT2D eigenvalue weighted by Crippen LogP contribution is -2.15. The SMILES string of the molecule is CCOC(=O)C(O)c1cn(CC)c2ccc(C)cc12. The summed E-state index contributed by atoms with van der Waals surface area (Å²) in [6.45, 7) is 6.80. The average Bonchev–Trinajstić information content (AvgIpc) is 2.76. The molecule has 1 unspecified atom stereocenters. The molecule has 19 heavy (non-hydrogen) atoms. The summed E-state index contributed by atoms with van der Waals surface area (Å²) >= 11 is 0. The van der Waals surface area contributed by atoms with Crippen molar-refractivity contribution in [2.45, 2.75) is 33.4 Å². The summed E-state index contributed by atoms with van der Waals surface area (Å²) in [6.07, 6.45) is 0.600. The van der Waals surface area contributed by atoms with Gasteiger partial charge < -0.3 is 14.4 Å². The lowest BCUT2D eigenvalue weighted by molar-refractivity contribution is -0.153. The molecule has 0 bridgehead atoms. The summed E-state index contributed by atoms with van der Waals surface area (Å²) in [5.74, 6) is -0.598. The third kappa shape index (κ3) is 2.49. The Morgan fingerprint density at radius 1 is 1.42 bits per heavy atom. The number of hydrogen-bond donors (Lipinski definition) is 1. The normalized spacial score (nSPS) is 12.6. The number of aromatic nitrogens is 1. The second kappa shape index (κ2) is 5.45. The van der Waals surface area contributed by atoms with E-state index in [1.807, 2.05) is 42.8 Å². The summed E-state index contributed by atoms with van der Waals surface area (Å²) in [4.78, 5) is 11.7. The number of aliphatic hydroxyl groups excluding tert-OH is 1. The average molecular weight is 261 g/mol. The van der Waals surface area contributed by atoms with Crippen LogP contribution in [0.1, 0.15) is 31.1 Å². The first-order valence-electron chi connectivity index (χ1n) is 6.52. The van der Waals surface area contributed by atoms with E-state index in [0.717, 1.165) is 23.0 Å². The largest absolute Gasteiger partial charge is 0.464 e. The molecule has 1 aromatic carbocycles. The highest BCUT2D eigenvalue weighted by Gasteiger charge is 2.23. The van der Waals surface area contributed by atoms with Gasteiger partial charge in [-0.05, 0) is 32.9 Å². The molecule has 0 fully saturated rings. The van der Waals surface area contributed by atoms with Gasteiger partial charge in [-0.1, -0.05) is 11.6 Å². The lowest BCUT2D eigenvalue weighted by atomic mass is 10.1. The lowest BCUT2D eigenvalue weighted by Gasteiger charge is -2.08. The number of rotatable bonds is 4. The van der Waals surface area contributed by atoms with Crippen LogP contribution in [-0.4, -0.2) is 22.2 Å². The van der Waals surface area contributed by atoms with Crippen LogP contribution in [0, 0.1) is 6.92 Å². The summed E-state index contributed by atoms with van der Waals surface area (Å²) in [6, 6.07) is 6.02. The Kier molecular flexibility index (Phi) is 3.90. The fourth-order valence-electron chi connectivity index (χ4n) is 2.27.